The maximum Gasteiger partial charge on any atom is 0.333 e. The molecule has 0 aliphatic carbocycles. The second kappa shape index (κ2) is 18.7. The number of hydrogen-bond acceptors (Lipinski definition) is 12. The number of aromatic nitrogens is 2. The highest BCUT2D eigenvalue weighted by atomic mass is 35.5. The summed E-state index contributed by atoms with van der Waals surface area (Å²) in [5.74, 6) is -1.84. The average Bonchev–Trinajstić information content (AvgIpc) is 3.11. The second-order valence-corrected chi connectivity index (χ2v) is 12.4. The number of hydrogen-bond donors (Lipinski definition) is 6. The van der Waals surface area contributed by atoms with Gasteiger partial charge in [0.15, 0.2) is 12.2 Å². The number of benzene rings is 2. The van der Waals surface area contributed by atoms with Crippen LogP contribution >= 0.6 is 23.2 Å². The van der Waals surface area contributed by atoms with Gasteiger partial charge in [-0.05, 0) is 59.4 Å². The first-order valence-corrected chi connectivity index (χ1v) is 16.7. The van der Waals surface area contributed by atoms with Gasteiger partial charge >= 0.3 is 11.9 Å². The van der Waals surface area contributed by atoms with Gasteiger partial charge in [0.25, 0.3) is 0 Å². The lowest BCUT2D eigenvalue weighted by molar-refractivity contribution is -0.147. The molecule has 2 aromatic heterocycles. The molecular weight excluding hydrogens is 719 g/mol. The third-order valence-electron chi connectivity index (χ3n) is 8.14. The van der Waals surface area contributed by atoms with Crippen LogP contribution < -0.4 is 29.6 Å². The Balaban J connectivity index is 1.46. The summed E-state index contributed by atoms with van der Waals surface area (Å²) in [6, 6.07) is 15.1. The van der Waals surface area contributed by atoms with Crippen LogP contribution in [-0.4, -0.2) is 81.8 Å². The van der Waals surface area contributed by atoms with Crippen molar-refractivity contribution >= 4 is 35.1 Å². The number of carbonyl (C=O) groups is 2. The first-order chi connectivity index (χ1) is 24.8. The van der Waals surface area contributed by atoms with E-state index in [-0.39, 0.29) is 73.0 Å². The number of aliphatic hydroxyl groups is 2. The highest BCUT2D eigenvalue weighted by Gasteiger charge is 2.19. The molecule has 0 fully saturated rings. The fourth-order valence-electron chi connectivity index (χ4n) is 5.21. The van der Waals surface area contributed by atoms with Crippen LogP contribution in [0.15, 0.2) is 48.5 Å². The van der Waals surface area contributed by atoms with E-state index in [0.717, 1.165) is 33.4 Å². The molecule has 2 heterocycles. The van der Waals surface area contributed by atoms with Crippen molar-refractivity contribution in [3.05, 3.63) is 92.0 Å². The second-order valence-electron chi connectivity index (χ2n) is 11.6. The van der Waals surface area contributed by atoms with Gasteiger partial charge in [0.05, 0.1) is 14.2 Å². The highest BCUT2D eigenvalue weighted by molar-refractivity contribution is 6.32. The maximum absolute atomic E-state index is 10.9. The summed E-state index contributed by atoms with van der Waals surface area (Å²) in [5, 5.41) is 42.9. The van der Waals surface area contributed by atoms with Crippen molar-refractivity contribution in [1.82, 2.24) is 20.6 Å². The van der Waals surface area contributed by atoms with Crippen LogP contribution in [0.1, 0.15) is 33.4 Å². The molecule has 0 amide bonds. The van der Waals surface area contributed by atoms with Crippen LogP contribution in [0.4, 0.5) is 0 Å². The zero-order chi connectivity index (χ0) is 37.9. The van der Waals surface area contributed by atoms with E-state index in [4.69, 9.17) is 52.4 Å². The first-order valence-electron chi connectivity index (χ1n) is 16.0. The van der Waals surface area contributed by atoms with E-state index in [9.17, 15) is 19.8 Å². The molecule has 2 unspecified atom stereocenters. The Morgan fingerprint density at radius 1 is 0.673 bits per heavy atom. The van der Waals surface area contributed by atoms with Gasteiger partial charge in [0.1, 0.15) is 23.3 Å². The van der Waals surface area contributed by atoms with Crippen LogP contribution in [0.5, 0.6) is 23.5 Å². The van der Waals surface area contributed by atoms with Crippen molar-refractivity contribution in [3.8, 4) is 34.6 Å². The van der Waals surface area contributed by atoms with Gasteiger partial charge in [-0.15, -0.1) is 0 Å². The lowest BCUT2D eigenvalue weighted by atomic mass is 9.92. The number of rotatable bonds is 19. The number of carboxylic acid groups (broad SMARTS) is 2. The number of aliphatic carboxylic acids is 2. The molecule has 0 saturated heterocycles. The predicted molar refractivity (Wildman–Crippen MR) is 192 cm³/mol. The number of pyridine rings is 2. The molecule has 4 rings (SSSR count). The third-order valence-corrected chi connectivity index (χ3v) is 8.68. The molecule has 16 heteroatoms. The van der Waals surface area contributed by atoms with Crippen molar-refractivity contribution in [2.45, 2.75) is 52.4 Å². The molecule has 14 nitrogen and oxygen atoms in total. The predicted octanol–water partition coefficient (Wildman–Crippen LogP) is 4.31. The van der Waals surface area contributed by atoms with Gasteiger partial charge < -0.3 is 50.0 Å². The Bertz CT molecular complexity index is 1760. The minimum Gasteiger partial charge on any atom is -0.481 e. The lowest BCUT2D eigenvalue weighted by Crippen LogP contribution is -2.32. The fraction of sp³-hybridized carbons (Fsp3) is 0.333. The van der Waals surface area contributed by atoms with E-state index in [0.29, 0.717) is 11.1 Å². The van der Waals surface area contributed by atoms with Crippen molar-refractivity contribution < 1.29 is 49.0 Å². The van der Waals surface area contributed by atoms with Crippen molar-refractivity contribution in [3.63, 3.8) is 0 Å². The molecule has 52 heavy (non-hydrogen) atoms. The number of nitrogens with zero attached hydrogens (tertiary/aromatic N) is 2. The van der Waals surface area contributed by atoms with E-state index in [2.05, 4.69) is 20.6 Å². The van der Waals surface area contributed by atoms with Crippen molar-refractivity contribution in [1.29, 1.82) is 0 Å². The average molecular weight is 760 g/mol. The van der Waals surface area contributed by atoms with E-state index in [1.165, 1.54) is 14.2 Å². The summed E-state index contributed by atoms with van der Waals surface area (Å²) in [6.45, 7) is 4.32. The Kier molecular flexibility index (Phi) is 14.4. The largest absolute Gasteiger partial charge is 0.481 e. The molecule has 0 spiro atoms. The number of aliphatic hydroxyl groups excluding tert-OH is 2. The van der Waals surface area contributed by atoms with E-state index in [1.807, 2.05) is 50.2 Å². The first kappa shape index (κ1) is 40.1. The lowest BCUT2D eigenvalue weighted by Gasteiger charge is -2.18. The van der Waals surface area contributed by atoms with Gasteiger partial charge in [-0.1, -0.05) is 59.6 Å². The van der Waals surface area contributed by atoms with E-state index >= 15 is 0 Å². The minimum absolute atomic E-state index is 0.164. The molecule has 0 bridgehead atoms. The molecule has 2 atom stereocenters. The quantitative estimate of drug-likeness (QED) is 0.0790. The van der Waals surface area contributed by atoms with Gasteiger partial charge in [0, 0.05) is 37.3 Å². The van der Waals surface area contributed by atoms with Crippen LogP contribution in [-0.2, 0) is 35.9 Å². The standard InChI is InChI=1S/C36H40Cl2N4O10/c1-19-21(17-51-33-27(37)11-23(31(41-33)49-3)13-39-15-29(43)35(45)46)7-5-9-25(19)26-10-6-8-22(20(26)2)18-52-34-28(38)12-24(32(42-34)50-4)14-40-16-30(44)36(47)48/h5-12,29-30,39-40,43-44H,13-18H2,1-4H3,(H,45,46)(H,47,48). The van der Waals surface area contributed by atoms with Gasteiger partial charge in [-0.3, -0.25) is 0 Å². The Hall–Kier alpha value is -4.70. The number of methoxy groups -OCH3 is 2. The molecule has 0 aliphatic rings. The molecule has 0 radical (unpaired) electrons. The fourth-order valence-corrected chi connectivity index (χ4v) is 5.67. The third kappa shape index (κ3) is 10.2. The summed E-state index contributed by atoms with van der Waals surface area (Å²) in [7, 11) is 2.89. The zero-order valence-corrected chi connectivity index (χ0v) is 30.4. The molecule has 278 valence electrons. The zero-order valence-electron chi connectivity index (χ0n) is 28.9. The molecule has 0 saturated carbocycles. The number of carboxylic acids is 2. The van der Waals surface area contributed by atoms with E-state index < -0.39 is 24.1 Å². The molecular formula is C36H40Cl2N4O10. The topological polar surface area (TPSA) is 202 Å². The van der Waals surface area contributed by atoms with Crippen LogP contribution in [0.2, 0.25) is 10.0 Å². The number of halogens is 2. The highest BCUT2D eigenvalue weighted by Crippen LogP contribution is 2.34. The SMILES string of the molecule is COc1nc(OCc2cccc(-c3cccc(COc4nc(OC)c(CNCC(O)C(=O)O)cc4Cl)c3C)c2C)c(Cl)cc1CNCC(O)C(=O)O. The summed E-state index contributed by atoms with van der Waals surface area (Å²) >= 11 is 13.0. The molecule has 4 aromatic rings. The van der Waals surface area contributed by atoms with Crippen molar-refractivity contribution in [2.24, 2.45) is 0 Å². The Labute approximate surface area is 310 Å². The Morgan fingerprint density at radius 3 is 1.40 bits per heavy atom. The molecule has 0 aliphatic heterocycles. The maximum atomic E-state index is 10.9. The monoisotopic (exact) mass is 758 g/mol. The van der Waals surface area contributed by atoms with Gasteiger partial charge in [-0.25, -0.2) is 9.59 Å². The Morgan fingerprint density at radius 2 is 1.06 bits per heavy atom. The van der Waals surface area contributed by atoms with Crippen LogP contribution in [0, 0.1) is 13.8 Å². The summed E-state index contributed by atoms with van der Waals surface area (Å²) in [4.78, 5) is 30.6. The number of nitrogens with one attached hydrogen (secondary N) is 2. The minimum atomic E-state index is -1.55. The number of ether oxygens (including phenoxy) is 4. The van der Waals surface area contributed by atoms with Crippen LogP contribution in [0.25, 0.3) is 11.1 Å². The van der Waals surface area contributed by atoms with Gasteiger partial charge in [-0.2, -0.15) is 9.97 Å². The summed E-state index contributed by atoms with van der Waals surface area (Å²) in [5.41, 5.74) is 6.88. The molecule has 2 aromatic carbocycles. The smallest absolute Gasteiger partial charge is 0.333 e. The summed E-state index contributed by atoms with van der Waals surface area (Å²) in [6.07, 6.45) is -3.10. The molecule has 6 N–H and O–H groups in total. The summed E-state index contributed by atoms with van der Waals surface area (Å²) < 4.78 is 22.9. The van der Waals surface area contributed by atoms with Crippen molar-refractivity contribution in [2.75, 3.05) is 27.3 Å². The normalized spacial score (nSPS) is 12.2. The van der Waals surface area contributed by atoms with Crippen LogP contribution in [0.3, 0.4) is 0 Å². The van der Waals surface area contributed by atoms with E-state index in [1.54, 1.807) is 12.1 Å². The van der Waals surface area contributed by atoms with Gasteiger partial charge in [0.2, 0.25) is 23.5 Å².